The highest BCUT2D eigenvalue weighted by molar-refractivity contribution is 5.73. The van der Waals surface area contributed by atoms with E-state index in [9.17, 15) is 4.79 Å². The van der Waals surface area contributed by atoms with Crippen molar-refractivity contribution in [3.8, 4) is 12.3 Å². The number of aliphatic hydroxyl groups is 1. The van der Waals surface area contributed by atoms with Gasteiger partial charge in [-0.2, -0.15) is 0 Å². The van der Waals surface area contributed by atoms with Gasteiger partial charge in [-0.25, -0.2) is 0 Å². The molecule has 0 saturated heterocycles. The Hall–Kier alpha value is -1.83. The van der Waals surface area contributed by atoms with Gasteiger partial charge in [0.1, 0.15) is 6.04 Å². The topological polar surface area (TPSA) is 83.5 Å². The van der Waals surface area contributed by atoms with Gasteiger partial charge in [0.15, 0.2) is 0 Å². The lowest BCUT2D eigenvalue weighted by Crippen LogP contribution is -2.33. The van der Waals surface area contributed by atoms with Crippen LogP contribution in [0.25, 0.3) is 0 Å². The lowest BCUT2D eigenvalue weighted by molar-refractivity contribution is -0.139. The van der Waals surface area contributed by atoms with Gasteiger partial charge in [0, 0.05) is 5.56 Å². The molecule has 4 N–H and O–H groups in total. The third-order valence-corrected chi connectivity index (χ3v) is 1.45. The van der Waals surface area contributed by atoms with Crippen LogP contribution in [0.5, 0.6) is 0 Å². The average molecular weight is 207 g/mol. The molecule has 0 amide bonds. The molecule has 0 bridgehead atoms. The number of aliphatic carboxylic acids is 1. The van der Waals surface area contributed by atoms with Gasteiger partial charge in [-0.15, -0.1) is 6.42 Å². The number of nitrogens with two attached hydrogens (primary N) is 1. The predicted octanol–water partition coefficient (Wildman–Crippen LogP) is 0.0585. The molecule has 0 saturated carbocycles. The largest absolute Gasteiger partial charge is 0.480 e. The summed E-state index contributed by atoms with van der Waals surface area (Å²) in [6.45, 7) is -0.505. The molecule has 0 fully saturated rings. The summed E-state index contributed by atoms with van der Waals surface area (Å²) in [4.78, 5) is 9.65. The van der Waals surface area contributed by atoms with Crippen molar-refractivity contribution < 1.29 is 15.0 Å². The minimum absolute atomic E-state index is 0.505. The normalized spacial score (nSPS) is 10.5. The van der Waals surface area contributed by atoms with E-state index >= 15 is 0 Å². The third-order valence-electron chi connectivity index (χ3n) is 1.45. The zero-order valence-corrected chi connectivity index (χ0v) is 8.13. The van der Waals surface area contributed by atoms with Crippen LogP contribution in [-0.4, -0.2) is 28.8 Å². The van der Waals surface area contributed by atoms with E-state index in [0.29, 0.717) is 0 Å². The van der Waals surface area contributed by atoms with Crippen molar-refractivity contribution in [2.24, 2.45) is 5.73 Å². The number of carboxylic acid groups (broad SMARTS) is 1. The summed E-state index contributed by atoms with van der Waals surface area (Å²) < 4.78 is 0. The van der Waals surface area contributed by atoms with E-state index in [0.717, 1.165) is 5.56 Å². The van der Waals surface area contributed by atoms with E-state index in [1.807, 2.05) is 30.3 Å². The van der Waals surface area contributed by atoms with E-state index < -0.39 is 18.6 Å². The van der Waals surface area contributed by atoms with Gasteiger partial charge < -0.3 is 15.9 Å². The highest BCUT2D eigenvalue weighted by Crippen LogP contribution is 1.93. The molecule has 0 aliphatic rings. The Labute approximate surface area is 88.4 Å². The van der Waals surface area contributed by atoms with Crippen LogP contribution in [0.2, 0.25) is 0 Å². The minimum Gasteiger partial charge on any atom is -0.480 e. The smallest absolute Gasteiger partial charge is 0.322 e. The quantitative estimate of drug-likeness (QED) is 0.599. The molecule has 0 unspecified atom stereocenters. The van der Waals surface area contributed by atoms with Crippen LogP contribution in [-0.2, 0) is 4.79 Å². The van der Waals surface area contributed by atoms with Crippen LogP contribution >= 0.6 is 0 Å². The second kappa shape index (κ2) is 7.56. The zero-order chi connectivity index (χ0) is 11.7. The molecular weight excluding hydrogens is 194 g/mol. The van der Waals surface area contributed by atoms with Gasteiger partial charge in [-0.05, 0) is 12.1 Å². The van der Waals surface area contributed by atoms with Crippen LogP contribution in [0.1, 0.15) is 5.56 Å². The summed E-state index contributed by atoms with van der Waals surface area (Å²) in [5.74, 6) is 1.35. The maximum atomic E-state index is 9.65. The Morgan fingerprint density at radius 3 is 2.20 bits per heavy atom. The molecule has 0 spiro atoms. The number of hydrogen-bond acceptors (Lipinski definition) is 3. The van der Waals surface area contributed by atoms with Crippen molar-refractivity contribution >= 4 is 5.97 Å². The fourth-order valence-electron chi connectivity index (χ4n) is 0.612. The van der Waals surface area contributed by atoms with Crippen molar-refractivity contribution in [2.45, 2.75) is 6.04 Å². The number of aliphatic hydroxyl groups excluding tert-OH is 1. The molecule has 0 aliphatic carbocycles. The van der Waals surface area contributed by atoms with Crippen molar-refractivity contribution in [3.05, 3.63) is 35.9 Å². The van der Waals surface area contributed by atoms with E-state index in [1.54, 1.807) is 0 Å². The van der Waals surface area contributed by atoms with E-state index in [4.69, 9.17) is 22.4 Å². The van der Waals surface area contributed by atoms with Gasteiger partial charge >= 0.3 is 5.97 Å². The number of carbonyl (C=O) groups is 1. The summed E-state index contributed by atoms with van der Waals surface area (Å²) in [7, 11) is 0. The number of terminal acetylenes is 1. The number of benzene rings is 1. The van der Waals surface area contributed by atoms with E-state index in [2.05, 4.69) is 5.92 Å². The highest BCUT2D eigenvalue weighted by Gasteiger charge is 2.06. The van der Waals surface area contributed by atoms with Crippen LogP contribution in [0.15, 0.2) is 30.3 Å². The van der Waals surface area contributed by atoms with Crippen LogP contribution in [0, 0.1) is 12.3 Å². The van der Waals surface area contributed by atoms with Gasteiger partial charge in [-0.1, -0.05) is 24.1 Å². The first-order chi connectivity index (χ1) is 7.11. The van der Waals surface area contributed by atoms with Crippen molar-refractivity contribution in [2.75, 3.05) is 6.61 Å². The Morgan fingerprint density at radius 1 is 1.47 bits per heavy atom. The first-order valence-corrected chi connectivity index (χ1v) is 4.22. The highest BCUT2D eigenvalue weighted by atomic mass is 16.4. The lowest BCUT2D eigenvalue weighted by atomic mass is 10.2. The second-order valence-corrected chi connectivity index (χ2v) is 2.64. The van der Waals surface area contributed by atoms with Crippen molar-refractivity contribution in [1.29, 1.82) is 0 Å². The molecule has 80 valence electrons. The molecule has 0 aromatic heterocycles. The maximum absolute atomic E-state index is 9.65. The summed E-state index contributed by atoms with van der Waals surface area (Å²) in [5, 5.41) is 15.9. The lowest BCUT2D eigenvalue weighted by Gasteiger charge is -1.96. The molecule has 15 heavy (non-hydrogen) atoms. The number of rotatable bonds is 2. The SMILES string of the molecule is C#Cc1ccccc1.N[C@@H](CO)C(=O)O. The number of carboxylic acids is 1. The van der Waals surface area contributed by atoms with Crippen molar-refractivity contribution in [3.63, 3.8) is 0 Å². The van der Waals surface area contributed by atoms with Crippen LogP contribution in [0.4, 0.5) is 0 Å². The summed E-state index contributed by atoms with van der Waals surface area (Å²) in [5.41, 5.74) is 5.70. The molecule has 4 heteroatoms. The van der Waals surface area contributed by atoms with Crippen molar-refractivity contribution in [1.82, 2.24) is 0 Å². The molecule has 0 radical (unpaired) electrons. The van der Waals surface area contributed by atoms with Crippen LogP contribution < -0.4 is 5.73 Å². The summed E-state index contributed by atoms with van der Waals surface area (Å²) in [6.07, 6.45) is 5.10. The van der Waals surface area contributed by atoms with Gasteiger partial charge in [0.05, 0.1) is 6.61 Å². The Balaban J connectivity index is 0.000000265. The molecule has 4 nitrogen and oxygen atoms in total. The summed E-state index contributed by atoms with van der Waals surface area (Å²) in [6, 6.07) is 8.48. The van der Waals surface area contributed by atoms with Gasteiger partial charge in [0.25, 0.3) is 0 Å². The first-order valence-electron chi connectivity index (χ1n) is 4.22. The first kappa shape index (κ1) is 13.2. The van der Waals surface area contributed by atoms with E-state index in [1.165, 1.54) is 0 Å². The summed E-state index contributed by atoms with van der Waals surface area (Å²) >= 11 is 0. The fourth-order valence-corrected chi connectivity index (χ4v) is 0.612. The van der Waals surface area contributed by atoms with E-state index in [-0.39, 0.29) is 0 Å². The minimum atomic E-state index is -1.18. The Bertz CT molecular complexity index is 329. The molecule has 0 heterocycles. The molecule has 0 aliphatic heterocycles. The monoisotopic (exact) mass is 207 g/mol. The predicted molar refractivity (Wildman–Crippen MR) is 57.1 cm³/mol. The van der Waals surface area contributed by atoms with Crippen LogP contribution in [0.3, 0.4) is 0 Å². The van der Waals surface area contributed by atoms with Gasteiger partial charge in [-0.3, -0.25) is 4.79 Å². The Kier molecular flexibility index (Phi) is 6.64. The standard InChI is InChI=1S/C8H6.C3H7NO3/c1-2-8-6-4-3-5-7-8;4-2(1-5)3(6)7/h1,3-7H;2,5H,1,4H2,(H,6,7)/t;2-/m.0/s1. The average Bonchev–Trinajstić information content (AvgIpc) is 2.29. The van der Waals surface area contributed by atoms with Gasteiger partial charge in [0.2, 0.25) is 0 Å². The number of hydrogen-bond donors (Lipinski definition) is 3. The fraction of sp³-hybridized carbons (Fsp3) is 0.182. The molecule has 1 aromatic carbocycles. The third kappa shape index (κ3) is 6.27. The second-order valence-electron chi connectivity index (χ2n) is 2.64. The molecule has 1 aromatic rings. The zero-order valence-electron chi connectivity index (χ0n) is 8.13. The molecular formula is C11H13NO3. The molecule has 1 atom stereocenters. The molecule has 1 rings (SSSR count). The maximum Gasteiger partial charge on any atom is 0.322 e. The Morgan fingerprint density at radius 2 is 2.00 bits per heavy atom.